The summed E-state index contributed by atoms with van der Waals surface area (Å²) in [7, 11) is 0. The Morgan fingerprint density at radius 1 is 1.07 bits per heavy atom. The topological polar surface area (TPSA) is 58.2 Å². The van der Waals surface area contributed by atoms with Gasteiger partial charge in [0.1, 0.15) is 6.54 Å². The SMILES string of the molecule is CCCCC1CCC(C(=O)Nc2ccc(CC(=O)NCC(F)(F)F)cc2)CC1. The van der Waals surface area contributed by atoms with E-state index in [1.54, 1.807) is 24.3 Å². The Labute approximate surface area is 164 Å². The van der Waals surface area contributed by atoms with Gasteiger partial charge in [-0.15, -0.1) is 0 Å². The number of unbranched alkanes of at least 4 members (excludes halogenated alkanes) is 1. The van der Waals surface area contributed by atoms with Crippen molar-refractivity contribution in [3.8, 4) is 0 Å². The summed E-state index contributed by atoms with van der Waals surface area (Å²) < 4.78 is 36.3. The summed E-state index contributed by atoms with van der Waals surface area (Å²) >= 11 is 0. The second-order valence-electron chi connectivity index (χ2n) is 7.61. The molecular formula is C21H29F3N2O2. The van der Waals surface area contributed by atoms with Crippen LogP contribution in [0.5, 0.6) is 0 Å². The highest BCUT2D eigenvalue weighted by Gasteiger charge is 2.28. The number of rotatable bonds is 8. The zero-order chi connectivity index (χ0) is 20.6. The summed E-state index contributed by atoms with van der Waals surface area (Å²) in [5.74, 6) is 0.107. The lowest BCUT2D eigenvalue weighted by Gasteiger charge is -2.27. The van der Waals surface area contributed by atoms with Crippen molar-refractivity contribution in [1.82, 2.24) is 5.32 Å². The highest BCUT2D eigenvalue weighted by atomic mass is 19.4. The molecule has 0 aliphatic heterocycles. The van der Waals surface area contributed by atoms with Crippen molar-refractivity contribution in [2.24, 2.45) is 11.8 Å². The molecule has 1 aliphatic carbocycles. The minimum atomic E-state index is -4.42. The zero-order valence-electron chi connectivity index (χ0n) is 16.3. The molecule has 1 fully saturated rings. The quantitative estimate of drug-likeness (QED) is 0.658. The van der Waals surface area contributed by atoms with E-state index in [-0.39, 0.29) is 18.2 Å². The molecule has 2 rings (SSSR count). The second kappa shape index (κ2) is 10.5. The van der Waals surface area contributed by atoms with Gasteiger partial charge in [-0.1, -0.05) is 38.3 Å². The molecule has 7 heteroatoms. The third-order valence-electron chi connectivity index (χ3n) is 5.26. The van der Waals surface area contributed by atoms with Gasteiger partial charge in [-0.2, -0.15) is 13.2 Å². The Morgan fingerprint density at radius 2 is 1.71 bits per heavy atom. The molecule has 0 bridgehead atoms. The van der Waals surface area contributed by atoms with Crippen LogP contribution >= 0.6 is 0 Å². The maximum atomic E-state index is 12.4. The van der Waals surface area contributed by atoms with Crippen LogP contribution in [-0.2, 0) is 16.0 Å². The van der Waals surface area contributed by atoms with E-state index in [1.807, 2.05) is 5.32 Å². The van der Waals surface area contributed by atoms with Crippen LogP contribution in [0.25, 0.3) is 0 Å². The first-order valence-corrected chi connectivity index (χ1v) is 10.00. The van der Waals surface area contributed by atoms with Crippen LogP contribution in [-0.4, -0.2) is 24.5 Å². The van der Waals surface area contributed by atoms with Crippen LogP contribution in [0, 0.1) is 11.8 Å². The Bertz CT molecular complexity index is 636. The van der Waals surface area contributed by atoms with E-state index >= 15 is 0 Å². The lowest BCUT2D eigenvalue weighted by molar-refractivity contribution is -0.138. The molecule has 28 heavy (non-hydrogen) atoms. The summed E-state index contributed by atoms with van der Waals surface area (Å²) in [6, 6.07) is 6.64. The van der Waals surface area contributed by atoms with Gasteiger partial charge in [0.05, 0.1) is 6.42 Å². The van der Waals surface area contributed by atoms with Crippen molar-refractivity contribution in [2.45, 2.75) is 64.5 Å². The number of amides is 2. The molecule has 0 aromatic heterocycles. The third-order valence-corrected chi connectivity index (χ3v) is 5.26. The molecule has 2 N–H and O–H groups in total. The molecule has 0 atom stereocenters. The van der Waals surface area contributed by atoms with Crippen LogP contribution < -0.4 is 10.6 Å². The standard InChI is InChI=1S/C21H29F3N2O2/c1-2-3-4-15-5-9-17(10-6-15)20(28)26-18-11-7-16(8-12-18)13-19(27)25-14-21(22,23)24/h7-8,11-12,15,17H,2-6,9-10,13-14H2,1H3,(H,25,27)(H,26,28). The van der Waals surface area contributed by atoms with E-state index in [1.165, 1.54) is 19.3 Å². The number of carbonyl (C=O) groups excluding carboxylic acids is 2. The number of nitrogens with one attached hydrogen (secondary N) is 2. The van der Waals surface area contributed by atoms with Gasteiger partial charge in [-0.25, -0.2) is 0 Å². The number of hydrogen-bond acceptors (Lipinski definition) is 2. The molecular weight excluding hydrogens is 369 g/mol. The van der Waals surface area contributed by atoms with Crippen LogP contribution in [0.2, 0.25) is 0 Å². The van der Waals surface area contributed by atoms with Gasteiger partial charge in [-0.3, -0.25) is 9.59 Å². The molecule has 0 saturated heterocycles. The number of benzene rings is 1. The number of anilines is 1. The first kappa shape index (κ1) is 22.2. The van der Waals surface area contributed by atoms with Gasteiger partial charge in [0.25, 0.3) is 0 Å². The fraction of sp³-hybridized carbons (Fsp3) is 0.619. The van der Waals surface area contributed by atoms with E-state index < -0.39 is 18.6 Å². The lowest BCUT2D eigenvalue weighted by atomic mass is 9.79. The Hall–Kier alpha value is -2.05. The number of halogens is 3. The summed E-state index contributed by atoms with van der Waals surface area (Å²) in [6.45, 7) is 0.861. The monoisotopic (exact) mass is 398 g/mol. The van der Waals surface area contributed by atoms with Gasteiger partial charge in [0.15, 0.2) is 0 Å². The average molecular weight is 398 g/mol. The molecule has 0 heterocycles. The van der Waals surface area contributed by atoms with Crippen molar-refractivity contribution in [2.75, 3.05) is 11.9 Å². The Kier molecular flexibility index (Phi) is 8.33. The maximum Gasteiger partial charge on any atom is 0.405 e. The highest BCUT2D eigenvalue weighted by Crippen LogP contribution is 2.32. The molecule has 156 valence electrons. The molecule has 1 aromatic rings. The van der Waals surface area contributed by atoms with Crippen molar-refractivity contribution >= 4 is 17.5 Å². The van der Waals surface area contributed by atoms with E-state index in [0.29, 0.717) is 11.3 Å². The normalized spacial score (nSPS) is 19.9. The van der Waals surface area contributed by atoms with E-state index in [0.717, 1.165) is 31.6 Å². The molecule has 1 saturated carbocycles. The first-order valence-electron chi connectivity index (χ1n) is 10.00. The summed E-state index contributed by atoms with van der Waals surface area (Å²) in [4.78, 5) is 24.0. The average Bonchev–Trinajstić information content (AvgIpc) is 2.66. The fourth-order valence-electron chi connectivity index (χ4n) is 3.60. The van der Waals surface area contributed by atoms with Gasteiger partial charge < -0.3 is 10.6 Å². The zero-order valence-corrected chi connectivity index (χ0v) is 16.3. The largest absolute Gasteiger partial charge is 0.405 e. The van der Waals surface area contributed by atoms with E-state index in [4.69, 9.17) is 0 Å². The Balaban J connectivity index is 1.76. The number of alkyl halides is 3. The summed E-state index contributed by atoms with van der Waals surface area (Å²) in [5, 5.41) is 4.75. The molecule has 2 amide bonds. The molecule has 1 aromatic carbocycles. The van der Waals surface area contributed by atoms with Crippen LogP contribution in [0.1, 0.15) is 57.4 Å². The highest BCUT2D eigenvalue weighted by molar-refractivity contribution is 5.92. The molecule has 0 radical (unpaired) electrons. The van der Waals surface area contributed by atoms with Crippen molar-refractivity contribution in [3.63, 3.8) is 0 Å². The molecule has 4 nitrogen and oxygen atoms in total. The molecule has 0 spiro atoms. The predicted octanol–water partition coefficient (Wildman–Crippen LogP) is 4.84. The minimum absolute atomic E-state index is 0.0182. The van der Waals surface area contributed by atoms with Crippen LogP contribution in [0.4, 0.5) is 18.9 Å². The first-order chi connectivity index (χ1) is 13.3. The minimum Gasteiger partial charge on any atom is -0.347 e. The lowest BCUT2D eigenvalue weighted by Crippen LogP contribution is -2.34. The van der Waals surface area contributed by atoms with Gasteiger partial charge >= 0.3 is 6.18 Å². The summed E-state index contributed by atoms with van der Waals surface area (Å²) in [5.41, 5.74) is 1.23. The summed E-state index contributed by atoms with van der Waals surface area (Å²) in [6.07, 6.45) is 3.19. The number of hydrogen-bond donors (Lipinski definition) is 2. The molecule has 1 aliphatic rings. The number of carbonyl (C=O) groups is 2. The maximum absolute atomic E-state index is 12.4. The van der Waals surface area contributed by atoms with Gasteiger partial charge in [-0.05, 0) is 49.3 Å². The van der Waals surface area contributed by atoms with E-state index in [2.05, 4.69) is 12.2 Å². The predicted molar refractivity (Wildman–Crippen MR) is 103 cm³/mol. The van der Waals surface area contributed by atoms with Crippen LogP contribution in [0.15, 0.2) is 24.3 Å². The Morgan fingerprint density at radius 3 is 2.29 bits per heavy atom. The van der Waals surface area contributed by atoms with Crippen molar-refractivity contribution in [1.29, 1.82) is 0 Å². The third kappa shape index (κ3) is 7.90. The van der Waals surface area contributed by atoms with Crippen molar-refractivity contribution in [3.05, 3.63) is 29.8 Å². The second-order valence-corrected chi connectivity index (χ2v) is 7.61. The smallest absolute Gasteiger partial charge is 0.347 e. The van der Waals surface area contributed by atoms with Gasteiger partial charge in [0, 0.05) is 11.6 Å². The van der Waals surface area contributed by atoms with Crippen LogP contribution in [0.3, 0.4) is 0 Å². The van der Waals surface area contributed by atoms with Crippen molar-refractivity contribution < 1.29 is 22.8 Å². The van der Waals surface area contributed by atoms with E-state index in [9.17, 15) is 22.8 Å². The van der Waals surface area contributed by atoms with Gasteiger partial charge in [0.2, 0.25) is 11.8 Å². The fourth-order valence-corrected chi connectivity index (χ4v) is 3.60. The molecule has 0 unspecified atom stereocenters.